The van der Waals surface area contributed by atoms with Crippen LogP contribution in [0.5, 0.6) is 5.88 Å². The fourth-order valence-electron chi connectivity index (χ4n) is 2.12. The maximum absolute atomic E-state index is 12.4. The zero-order valence-electron chi connectivity index (χ0n) is 11.0. The number of nitrogens with two attached hydrogens (primary N) is 1. The summed E-state index contributed by atoms with van der Waals surface area (Å²) in [6.45, 7) is 1.47. The summed E-state index contributed by atoms with van der Waals surface area (Å²) in [6, 6.07) is 3.46. The van der Waals surface area contributed by atoms with Crippen LogP contribution in [0.4, 0.5) is 5.69 Å². The highest BCUT2D eigenvalue weighted by Crippen LogP contribution is 2.30. The van der Waals surface area contributed by atoms with Gasteiger partial charge in [-0.25, -0.2) is 4.98 Å². The Morgan fingerprint density at radius 1 is 1.53 bits per heavy atom. The highest BCUT2D eigenvalue weighted by atomic mass is 16.5. The van der Waals surface area contributed by atoms with Crippen LogP contribution in [0.2, 0.25) is 0 Å². The SMILES string of the molecule is COc1ccc(NC(=O)C2(CN)CCOCC2)cn1. The molecule has 0 bridgehead atoms. The summed E-state index contributed by atoms with van der Waals surface area (Å²) in [7, 11) is 1.55. The summed E-state index contributed by atoms with van der Waals surface area (Å²) in [4.78, 5) is 16.4. The molecule has 0 spiro atoms. The van der Waals surface area contributed by atoms with Gasteiger partial charge in [-0.15, -0.1) is 0 Å². The molecule has 0 atom stereocenters. The van der Waals surface area contributed by atoms with Crippen LogP contribution in [0.1, 0.15) is 12.8 Å². The molecule has 0 radical (unpaired) electrons. The van der Waals surface area contributed by atoms with Gasteiger partial charge < -0.3 is 20.5 Å². The molecule has 104 valence electrons. The highest BCUT2D eigenvalue weighted by Gasteiger charge is 2.38. The number of amides is 1. The van der Waals surface area contributed by atoms with E-state index in [1.165, 1.54) is 0 Å². The minimum atomic E-state index is -0.530. The lowest BCUT2D eigenvalue weighted by Crippen LogP contribution is -2.46. The third kappa shape index (κ3) is 3.02. The van der Waals surface area contributed by atoms with E-state index in [1.807, 2.05) is 0 Å². The monoisotopic (exact) mass is 265 g/mol. The molecule has 0 saturated carbocycles. The average Bonchev–Trinajstić information content (AvgIpc) is 2.48. The summed E-state index contributed by atoms with van der Waals surface area (Å²) in [5.74, 6) is 0.447. The lowest BCUT2D eigenvalue weighted by Gasteiger charge is -2.34. The van der Waals surface area contributed by atoms with Gasteiger partial charge in [0.25, 0.3) is 0 Å². The van der Waals surface area contributed by atoms with Crippen molar-refractivity contribution >= 4 is 11.6 Å². The van der Waals surface area contributed by atoms with Crippen molar-refractivity contribution in [3.05, 3.63) is 18.3 Å². The van der Waals surface area contributed by atoms with Gasteiger partial charge in [0, 0.05) is 25.8 Å². The van der Waals surface area contributed by atoms with E-state index in [9.17, 15) is 4.79 Å². The van der Waals surface area contributed by atoms with Gasteiger partial charge >= 0.3 is 0 Å². The van der Waals surface area contributed by atoms with Crippen molar-refractivity contribution in [2.75, 3.05) is 32.2 Å². The van der Waals surface area contributed by atoms with E-state index >= 15 is 0 Å². The normalized spacial score (nSPS) is 17.8. The van der Waals surface area contributed by atoms with Crippen molar-refractivity contribution in [2.24, 2.45) is 11.1 Å². The second-order valence-corrected chi connectivity index (χ2v) is 4.64. The molecule has 1 aliphatic heterocycles. The molecule has 1 fully saturated rings. The van der Waals surface area contributed by atoms with E-state index in [0.29, 0.717) is 44.2 Å². The Morgan fingerprint density at radius 2 is 2.26 bits per heavy atom. The average molecular weight is 265 g/mol. The van der Waals surface area contributed by atoms with Gasteiger partial charge in [-0.2, -0.15) is 0 Å². The molecule has 1 aliphatic rings. The Balaban J connectivity index is 2.05. The van der Waals surface area contributed by atoms with Crippen LogP contribution in [-0.4, -0.2) is 37.8 Å². The second-order valence-electron chi connectivity index (χ2n) is 4.64. The maximum atomic E-state index is 12.4. The van der Waals surface area contributed by atoms with Gasteiger partial charge in [0.2, 0.25) is 11.8 Å². The molecule has 6 heteroatoms. The number of hydrogen-bond donors (Lipinski definition) is 2. The first-order valence-corrected chi connectivity index (χ1v) is 6.29. The van der Waals surface area contributed by atoms with E-state index in [-0.39, 0.29) is 5.91 Å². The highest BCUT2D eigenvalue weighted by molar-refractivity contribution is 5.95. The number of nitrogens with zero attached hydrogens (tertiary/aromatic N) is 1. The van der Waals surface area contributed by atoms with Crippen LogP contribution < -0.4 is 15.8 Å². The molecule has 6 nitrogen and oxygen atoms in total. The number of carbonyl (C=O) groups excluding carboxylic acids is 1. The smallest absolute Gasteiger partial charge is 0.232 e. The Labute approximate surface area is 112 Å². The van der Waals surface area contributed by atoms with Crippen molar-refractivity contribution in [3.63, 3.8) is 0 Å². The fraction of sp³-hybridized carbons (Fsp3) is 0.538. The molecular formula is C13H19N3O3. The molecule has 0 unspecified atom stereocenters. The van der Waals surface area contributed by atoms with E-state index in [0.717, 1.165) is 0 Å². The molecule has 1 aromatic rings. The Bertz CT molecular complexity index is 427. The molecule has 2 rings (SSSR count). The number of methoxy groups -OCH3 is 1. The molecule has 19 heavy (non-hydrogen) atoms. The molecule has 0 aromatic carbocycles. The van der Waals surface area contributed by atoms with Gasteiger partial charge in [-0.1, -0.05) is 0 Å². The minimum absolute atomic E-state index is 0.0646. The largest absolute Gasteiger partial charge is 0.481 e. The van der Waals surface area contributed by atoms with Crippen LogP contribution >= 0.6 is 0 Å². The third-order valence-electron chi connectivity index (χ3n) is 3.53. The van der Waals surface area contributed by atoms with Crippen LogP contribution in [0.3, 0.4) is 0 Å². The molecule has 1 aromatic heterocycles. The summed E-state index contributed by atoms with van der Waals surface area (Å²) in [5, 5.41) is 2.86. The van der Waals surface area contributed by atoms with Crippen molar-refractivity contribution in [1.29, 1.82) is 0 Å². The quantitative estimate of drug-likeness (QED) is 0.840. The van der Waals surface area contributed by atoms with Gasteiger partial charge in [0.05, 0.1) is 24.4 Å². The Kier molecular flexibility index (Phi) is 4.34. The fourth-order valence-corrected chi connectivity index (χ4v) is 2.12. The summed E-state index contributed by atoms with van der Waals surface area (Å²) in [5.41, 5.74) is 5.90. The molecule has 1 amide bonds. The van der Waals surface area contributed by atoms with Crippen LogP contribution in [0, 0.1) is 5.41 Å². The predicted molar refractivity (Wildman–Crippen MR) is 71.0 cm³/mol. The predicted octanol–water partition coefficient (Wildman–Crippen LogP) is 0.784. The van der Waals surface area contributed by atoms with E-state index in [4.69, 9.17) is 15.2 Å². The minimum Gasteiger partial charge on any atom is -0.481 e. The van der Waals surface area contributed by atoms with Crippen molar-refractivity contribution in [3.8, 4) is 5.88 Å². The van der Waals surface area contributed by atoms with E-state index < -0.39 is 5.41 Å². The number of ether oxygens (including phenoxy) is 2. The number of aromatic nitrogens is 1. The first-order valence-electron chi connectivity index (χ1n) is 6.29. The maximum Gasteiger partial charge on any atom is 0.232 e. The Morgan fingerprint density at radius 3 is 2.79 bits per heavy atom. The van der Waals surface area contributed by atoms with Gasteiger partial charge in [-0.05, 0) is 18.9 Å². The number of anilines is 1. The first kappa shape index (κ1) is 13.8. The number of hydrogen-bond acceptors (Lipinski definition) is 5. The van der Waals surface area contributed by atoms with Gasteiger partial charge in [-0.3, -0.25) is 4.79 Å². The zero-order valence-corrected chi connectivity index (χ0v) is 11.0. The van der Waals surface area contributed by atoms with Crippen LogP contribution in [0.15, 0.2) is 18.3 Å². The van der Waals surface area contributed by atoms with Crippen LogP contribution in [0.25, 0.3) is 0 Å². The number of carbonyl (C=O) groups is 1. The van der Waals surface area contributed by atoms with Gasteiger partial charge in [0.1, 0.15) is 0 Å². The standard InChI is InChI=1S/C13H19N3O3/c1-18-11-3-2-10(8-15-11)16-12(17)13(9-14)4-6-19-7-5-13/h2-3,8H,4-7,9,14H2,1H3,(H,16,17). The van der Waals surface area contributed by atoms with Crippen molar-refractivity contribution in [1.82, 2.24) is 4.98 Å². The molecular weight excluding hydrogens is 246 g/mol. The van der Waals surface area contributed by atoms with Gasteiger partial charge in [0.15, 0.2) is 0 Å². The molecule has 2 heterocycles. The summed E-state index contributed by atoms with van der Waals surface area (Å²) < 4.78 is 10.3. The number of rotatable bonds is 4. The van der Waals surface area contributed by atoms with Crippen LogP contribution in [-0.2, 0) is 9.53 Å². The van der Waals surface area contributed by atoms with Crippen molar-refractivity contribution < 1.29 is 14.3 Å². The summed E-state index contributed by atoms with van der Waals surface area (Å²) in [6.07, 6.45) is 2.87. The first-order chi connectivity index (χ1) is 9.20. The van der Waals surface area contributed by atoms with E-state index in [1.54, 1.807) is 25.4 Å². The van der Waals surface area contributed by atoms with E-state index in [2.05, 4.69) is 10.3 Å². The lowest BCUT2D eigenvalue weighted by atomic mass is 9.79. The molecule has 1 saturated heterocycles. The third-order valence-corrected chi connectivity index (χ3v) is 3.53. The zero-order chi connectivity index (χ0) is 13.7. The number of nitrogens with one attached hydrogen (secondary N) is 1. The summed E-state index contributed by atoms with van der Waals surface area (Å²) >= 11 is 0. The van der Waals surface area contributed by atoms with Crippen molar-refractivity contribution in [2.45, 2.75) is 12.8 Å². The topological polar surface area (TPSA) is 86.5 Å². The molecule has 0 aliphatic carbocycles. The second kappa shape index (κ2) is 5.99. The number of pyridine rings is 1. The lowest BCUT2D eigenvalue weighted by molar-refractivity contribution is -0.130. The molecule has 3 N–H and O–H groups in total. The Hall–Kier alpha value is -1.66.